The van der Waals surface area contributed by atoms with Gasteiger partial charge in [-0.2, -0.15) is 5.10 Å². The van der Waals surface area contributed by atoms with Gasteiger partial charge in [-0.05, 0) is 55.3 Å². The number of amidine groups is 1. The van der Waals surface area contributed by atoms with Crippen molar-refractivity contribution in [1.82, 2.24) is 15.1 Å². The predicted octanol–water partition coefficient (Wildman–Crippen LogP) is 5.09. The Balaban J connectivity index is 1.73. The number of para-hydroxylation sites is 1. The van der Waals surface area contributed by atoms with E-state index in [4.69, 9.17) is 25.1 Å². The molecule has 1 aromatic heterocycles. The monoisotopic (exact) mass is 516 g/mol. The van der Waals surface area contributed by atoms with E-state index in [0.717, 1.165) is 22.0 Å². The first-order valence-corrected chi connectivity index (χ1v) is 11.9. The van der Waals surface area contributed by atoms with E-state index < -0.39 is 12.1 Å². The molecule has 0 aliphatic rings. The van der Waals surface area contributed by atoms with E-state index >= 15 is 0 Å². The Labute approximate surface area is 218 Å². The third kappa shape index (κ3) is 5.59. The lowest BCUT2D eigenvalue weighted by Crippen LogP contribution is -2.29. The second-order valence-corrected chi connectivity index (χ2v) is 8.90. The second kappa shape index (κ2) is 11.0. The highest BCUT2D eigenvalue weighted by molar-refractivity contribution is 6.06. The van der Waals surface area contributed by atoms with Crippen LogP contribution in [0.5, 0.6) is 11.5 Å². The minimum absolute atomic E-state index is 0.0894. The molecule has 10 heteroatoms. The van der Waals surface area contributed by atoms with Gasteiger partial charge in [-0.25, -0.2) is 4.79 Å². The lowest BCUT2D eigenvalue weighted by atomic mass is 10.00. The van der Waals surface area contributed by atoms with Crippen LogP contribution in [0.4, 0.5) is 4.79 Å². The molecule has 10 nitrogen and oxygen atoms in total. The fourth-order valence-electron chi connectivity index (χ4n) is 4.24. The molecule has 196 valence electrons. The number of methoxy groups -OCH3 is 1. The molecule has 0 aliphatic heterocycles. The van der Waals surface area contributed by atoms with Gasteiger partial charge >= 0.3 is 12.1 Å². The van der Waals surface area contributed by atoms with Crippen LogP contribution in [-0.4, -0.2) is 45.0 Å². The number of aliphatic carboxylic acids is 1. The van der Waals surface area contributed by atoms with Crippen molar-refractivity contribution in [1.29, 1.82) is 5.41 Å². The summed E-state index contributed by atoms with van der Waals surface area (Å²) in [5.41, 5.74) is 4.08. The number of aromatic nitrogens is 2. The zero-order valence-corrected chi connectivity index (χ0v) is 21.2. The summed E-state index contributed by atoms with van der Waals surface area (Å²) in [6.45, 7) is 4.20. The zero-order valence-electron chi connectivity index (χ0n) is 21.2. The molecule has 38 heavy (non-hydrogen) atoms. The van der Waals surface area contributed by atoms with Gasteiger partial charge in [0.2, 0.25) is 0 Å². The third-order valence-corrected chi connectivity index (χ3v) is 5.98. The van der Waals surface area contributed by atoms with Crippen LogP contribution in [0.25, 0.3) is 22.0 Å². The second-order valence-electron chi connectivity index (χ2n) is 8.90. The van der Waals surface area contributed by atoms with Crippen molar-refractivity contribution in [2.75, 3.05) is 7.11 Å². The Morgan fingerprint density at radius 3 is 2.42 bits per heavy atom. The number of benzene rings is 3. The van der Waals surface area contributed by atoms with E-state index in [-0.39, 0.29) is 24.9 Å². The van der Waals surface area contributed by atoms with E-state index in [1.165, 1.54) is 7.11 Å². The Kier molecular flexibility index (Phi) is 7.61. The van der Waals surface area contributed by atoms with E-state index in [1.807, 2.05) is 42.8 Å². The van der Waals surface area contributed by atoms with Gasteiger partial charge in [0.05, 0.1) is 24.6 Å². The Morgan fingerprint density at radius 1 is 1.03 bits per heavy atom. The van der Waals surface area contributed by atoms with Crippen molar-refractivity contribution in [3.8, 4) is 22.6 Å². The average Bonchev–Trinajstić information content (AvgIpc) is 3.25. The SMILES string of the molecule is COc1ccc(-c2ccc3c(c2)c(COc2ccccc2CC(=O)O)nn3C(C)C)cc1C(=N)NC(=O)O. The first-order chi connectivity index (χ1) is 18.2. The molecule has 0 bridgehead atoms. The number of carbonyl (C=O) groups is 2. The van der Waals surface area contributed by atoms with Crippen molar-refractivity contribution in [3.63, 3.8) is 0 Å². The molecule has 0 radical (unpaired) electrons. The summed E-state index contributed by atoms with van der Waals surface area (Å²) in [4.78, 5) is 22.3. The van der Waals surface area contributed by atoms with Crippen LogP contribution >= 0.6 is 0 Å². The van der Waals surface area contributed by atoms with Crippen LogP contribution in [0.15, 0.2) is 60.7 Å². The van der Waals surface area contributed by atoms with Gasteiger partial charge in [0.25, 0.3) is 0 Å². The van der Waals surface area contributed by atoms with Gasteiger partial charge in [0.15, 0.2) is 0 Å². The molecule has 4 aromatic rings. The van der Waals surface area contributed by atoms with E-state index in [9.17, 15) is 14.7 Å². The first kappa shape index (κ1) is 26.2. The standard InChI is InChI=1S/C28H28N4O6/c1-16(2)32-23-10-8-17(18-9-11-25(37-3)21(13-18)27(29)30-28(35)36)12-20(23)22(31-32)15-38-24-7-5-4-6-19(24)14-26(33)34/h4-13,16H,14-15H2,1-3H3,(H2,29,30)(H,33,34)(H,35,36). The summed E-state index contributed by atoms with van der Waals surface area (Å²) in [5.74, 6) is -0.373. The fourth-order valence-corrected chi connectivity index (χ4v) is 4.24. The van der Waals surface area contributed by atoms with Crippen LogP contribution < -0.4 is 14.8 Å². The summed E-state index contributed by atoms with van der Waals surface area (Å²) < 4.78 is 13.3. The molecule has 0 fully saturated rings. The minimum Gasteiger partial charge on any atom is -0.496 e. The Bertz CT molecular complexity index is 1530. The molecule has 0 unspecified atom stereocenters. The maximum absolute atomic E-state index is 11.3. The molecule has 4 N–H and O–H groups in total. The van der Waals surface area contributed by atoms with Gasteiger partial charge in [-0.15, -0.1) is 0 Å². The molecule has 3 aromatic carbocycles. The number of fused-ring (bicyclic) bond motifs is 1. The summed E-state index contributed by atoms with van der Waals surface area (Å²) in [7, 11) is 1.46. The number of rotatable bonds is 9. The van der Waals surface area contributed by atoms with Crippen LogP contribution in [0.1, 0.15) is 36.7 Å². The highest BCUT2D eigenvalue weighted by Crippen LogP contribution is 2.32. The summed E-state index contributed by atoms with van der Waals surface area (Å²) in [6.07, 6.45) is -1.48. The quantitative estimate of drug-likeness (QED) is 0.179. The van der Waals surface area contributed by atoms with Crippen LogP contribution in [0.3, 0.4) is 0 Å². The van der Waals surface area contributed by atoms with Crippen molar-refractivity contribution >= 4 is 28.8 Å². The number of nitrogens with zero attached hydrogens (tertiary/aromatic N) is 2. The predicted molar refractivity (Wildman–Crippen MR) is 142 cm³/mol. The van der Waals surface area contributed by atoms with E-state index in [0.29, 0.717) is 28.3 Å². The average molecular weight is 517 g/mol. The van der Waals surface area contributed by atoms with Crippen LogP contribution in [0, 0.1) is 5.41 Å². The molecule has 4 rings (SSSR count). The molecule has 0 saturated heterocycles. The number of amides is 1. The molecule has 0 saturated carbocycles. The number of hydrogen-bond acceptors (Lipinski definition) is 6. The number of carboxylic acid groups (broad SMARTS) is 2. The van der Waals surface area contributed by atoms with Crippen molar-refractivity contribution in [2.24, 2.45) is 0 Å². The Morgan fingerprint density at radius 2 is 1.74 bits per heavy atom. The van der Waals surface area contributed by atoms with Crippen molar-refractivity contribution < 1.29 is 29.3 Å². The number of hydrogen-bond donors (Lipinski definition) is 4. The molecule has 1 heterocycles. The highest BCUT2D eigenvalue weighted by Gasteiger charge is 2.17. The number of nitrogens with one attached hydrogen (secondary N) is 2. The van der Waals surface area contributed by atoms with Crippen LogP contribution in [-0.2, 0) is 17.8 Å². The highest BCUT2D eigenvalue weighted by atomic mass is 16.5. The maximum atomic E-state index is 11.3. The van der Waals surface area contributed by atoms with Crippen molar-refractivity contribution in [2.45, 2.75) is 32.9 Å². The van der Waals surface area contributed by atoms with Gasteiger partial charge in [-0.1, -0.05) is 30.3 Å². The van der Waals surface area contributed by atoms with Gasteiger partial charge in [-0.3, -0.25) is 20.2 Å². The largest absolute Gasteiger partial charge is 0.496 e. The number of ether oxygens (including phenoxy) is 2. The minimum atomic E-state index is -1.33. The molecule has 0 aliphatic carbocycles. The summed E-state index contributed by atoms with van der Waals surface area (Å²) in [5, 5.41) is 34.1. The van der Waals surface area contributed by atoms with Gasteiger partial charge in [0.1, 0.15) is 29.6 Å². The smallest absolute Gasteiger partial charge is 0.410 e. The normalized spacial score (nSPS) is 10.9. The van der Waals surface area contributed by atoms with E-state index in [2.05, 4.69) is 5.32 Å². The van der Waals surface area contributed by atoms with Crippen molar-refractivity contribution in [3.05, 3.63) is 77.5 Å². The lowest BCUT2D eigenvalue weighted by molar-refractivity contribution is -0.136. The molecular formula is C28H28N4O6. The molecular weight excluding hydrogens is 488 g/mol. The van der Waals surface area contributed by atoms with Crippen LogP contribution in [0.2, 0.25) is 0 Å². The zero-order chi connectivity index (χ0) is 27.4. The topological polar surface area (TPSA) is 147 Å². The lowest BCUT2D eigenvalue weighted by Gasteiger charge is -2.12. The summed E-state index contributed by atoms with van der Waals surface area (Å²) >= 11 is 0. The molecule has 1 amide bonds. The maximum Gasteiger partial charge on any atom is 0.410 e. The number of carboxylic acids is 1. The van der Waals surface area contributed by atoms with E-state index in [1.54, 1.807) is 36.4 Å². The first-order valence-electron chi connectivity index (χ1n) is 11.9. The Hall–Kier alpha value is -4.86. The van der Waals surface area contributed by atoms with Gasteiger partial charge < -0.3 is 19.7 Å². The molecule has 0 atom stereocenters. The third-order valence-electron chi connectivity index (χ3n) is 5.98. The fraction of sp³-hybridized carbons (Fsp3) is 0.214. The molecule has 0 spiro atoms. The van der Waals surface area contributed by atoms with Gasteiger partial charge in [0, 0.05) is 17.0 Å². The summed E-state index contributed by atoms with van der Waals surface area (Å²) in [6, 6.07) is 18.2.